The van der Waals surface area contributed by atoms with Crippen LogP contribution in [0.1, 0.15) is 60.8 Å². The highest BCUT2D eigenvalue weighted by Gasteiger charge is 2.20. The summed E-state index contributed by atoms with van der Waals surface area (Å²) in [5.74, 6) is 1.68. The van der Waals surface area contributed by atoms with Gasteiger partial charge in [-0.2, -0.15) is 5.10 Å². The van der Waals surface area contributed by atoms with Crippen LogP contribution in [0, 0.1) is 20.8 Å². The van der Waals surface area contributed by atoms with Crippen LogP contribution in [0.3, 0.4) is 0 Å². The first-order valence-corrected chi connectivity index (χ1v) is 7.22. The molecule has 0 aliphatic rings. The van der Waals surface area contributed by atoms with E-state index in [-0.39, 0.29) is 0 Å². The second-order valence-electron chi connectivity index (χ2n) is 5.52. The third-order valence-electron chi connectivity index (χ3n) is 4.06. The van der Waals surface area contributed by atoms with Crippen LogP contribution in [0.4, 0.5) is 0 Å². The van der Waals surface area contributed by atoms with Crippen molar-refractivity contribution in [2.24, 2.45) is 0 Å². The van der Waals surface area contributed by atoms with E-state index in [9.17, 15) is 5.11 Å². The van der Waals surface area contributed by atoms with Gasteiger partial charge >= 0.3 is 0 Å². The Morgan fingerprint density at radius 3 is 2.55 bits per heavy atom. The van der Waals surface area contributed by atoms with Crippen molar-refractivity contribution in [3.63, 3.8) is 0 Å². The summed E-state index contributed by atoms with van der Waals surface area (Å²) >= 11 is 0. The van der Waals surface area contributed by atoms with E-state index in [1.54, 1.807) is 0 Å². The molecular weight excluding hydrogens is 252 g/mol. The first-order valence-electron chi connectivity index (χ1n) is 7.22. The van der Waals surface area contributed by atoms with E-state index in [1.807, 2.05) is 37.7 Å². The molecule has 0 saturated carbocycles. The first-order chi connectivity index (χ1) is 9.43. The van der Waals surface area contributed by atoms with E-state index >= 15 is 0 Å². The number of aliphatic hydroxyl groups is 1. The third kappa shape index (κ3) is 2.80. The Balaban J connectivity index is 2.15. The Morgan fingerprint density at radius 2 is 2.00 bits per heavy atom. The van der Waals surface area contributed by atoms with Crippen LogP contribution >= 0.6 is 0 Å². The molecule has 4 heteroatoms. The van der Waals surface area contributed by atoms with Gasteiger partial charge < -0.3 is 9.52 Å². The van der Waals surface area contributed by atoms with Crippen molar-refractivity contribution in [2.45, 2.75) is 59.6 Å². The predicted octanol–water partition coefficient (Wildman–Crippen LogP) is 3.65. The monoisotopic (exact) mass is 276 g/mol. The van der Waals surface area contributed by atoms with Crippen molar-refractivity contribution in [1.29, 1.82) is 0 Å². The Hall–Kier alpha value is -1.55. The molecule has 0 aliphatic carbocycles. The van der Waals surface area contributed by atoms with Gasteiger partial charge in [0.05, 0.1) is 11.8 Å². The minimum absolute atomic E-state index is 0.389. The Bertz CT molecular complexity index is 583. The molecule has 0 spiro atoms. The van der Waals surface area contributed by atoms with Gasteiger partial charge in [0.1, 0.15) is 11.5 Å². The third-order valence-corrected chi connectivity index (χ3v) is 4.06. The Kier molecular flexibility index (Phi) is 4.33. The van der Waals surface area contributed by atoms with E-state index in [1.165, 1.54) is 0 Å². The van der Waals surface area contributed by atoms with Crippen LogP contribution in [0.15, 0.2) is 16.7 Å². The fourth-order valence-electron chi connectivity index (χ4n) is 2.52. The molecule has 0 fully saturated rings. The second kappa shape index (κ2) is 5.83. The average Bonchev–Trinajstić information content (AvgIpc) is 2.94. The van der Waals surface area contributed by atoms with Gasteiger partial charge in [0.2, 0.25) is 0 Å². The molecule has 20 heavy (non-hydrogen) atoms. The Labute approximate surface area is 120 Å². The van der Waals surface area contributed by atoms with Gasteiger partial charge in [-0.25, -0.2) is 0 Å². The number of hydrogen-bond donors (Lipinski definition) is 1. The van der Waals surface area contributed by atoms with Gasteiger partial charge in [-0.05, 0) is 45.7 Å². The van der Waals surface area contributed by atoms with Crippen LogP contribution < -0.4 is 0 Å². The fourth-order valence-corrected chi connectivity index (χ4v) is 2.52. The summed E-state index contributed by atoms with van der Waals surface area (Å²) in [5.41, 5.74) is 2.85. The maximum Gasteiger partial charge on any atom is 0.107 e. The molecule has 0 aromatic carbocycles. The summed E-state index contributed by atoms with van der Waals surface area (Å²) < 4.78 is 7.54. The van der Waals surface area contributed by atoms with Crippen molar-refractivity contribution < 1.29 is 9.52 Å². The quantitative estimate of drug-likeness (QED) is 0.907. The molecule has 2 unspecified atom stereocenters. The smallest absolute Gasteiger partial charge is 0.107 e. The number of nitrogens with zero attached hydrogens (tertiary/aromatic N) is 2. The molecule has 110 valence electrons. The molecule has 2 aromatic rings. The largest absolute Gasteiger partial charge is 0.466 e. The molecule has 2 atom stereocenters. The van der Waals surface area contributed by atoms with Gasteiger partial charge in [0.25, 0.3) is 0 Å². The van der Waals surface area contributed by atoms with E-state index in [2.05, 4.69) is 18.9 Å². The van der Waals surface area contributed by atoms with Gasteiger partial charge in [-0.3, -0.25) is 4.68 Å². The van der Waals surface area contributed by atoms with Crippen LogP contribution in [-0.2, 0) is 6.42 Å². The van der Waals surface area contributed by atoms with E-state index < -0.39 is 6.10 Å². The molecule has 2 rings (SSSR count). The first kappa shape index (κ1) is 14.9. The highest BCUT2D eigenvalue weighted by Crippen LogP contribution is 2.29. The highest BCUT2D eigenvalue weighted by atomic mass is 16.3. The van der Waals surface area contributed by atoms with Crippen LogP contribution in [0.25, 0.3) is 0 Å². The fraction of sp³-hybridized carbons (Fsp3) is 0.562. The maximum absolute atomic E-state index is 10.4. The molecule has 0 bridgehead atoms. The van der Waals surface area contributed by atoms with Gasteiger partial charge in [-0.15, -0.1) is 0 Å². The molecule has 2 heterocycles. The molecule has 0 radical (unpaired) electrons. The summed E-state index contributed by atoms with van der Waals surface area (Å²) in [5, 5.41) is 15.0. The van der Waals surface area contributed by atoms with Crippen molar-refractivity contribution >= 4 is 0 Å². The predicted molar refractivity (Wildman–Crippen MR) is 78.8 cm³/mol. The molecule has 0 saturated heterocycles. The number of aryl methyl sites for hydroxylation is 2. The summed E-state index contributed by atoms with van der Waals surface area (Å²) in [7, 11) is 0. The van der Waals surface area contributed by atoms with Gasteiger partial charge in [0, 0.05) is 24.2 Å². The topological polar surface area (TPSA) is 51.2 Å². The normalized spacial score (nSPS) is 14.5. The lowest BCUT2D eigenvalue weighted by molar-refractivity contribution is 0.174. The van der Waals surface area contributed by atoms with E-state index in [0.29, 0.717) is 12.5 Å². The second-order valence-corrected chi connectivity index (χ2v) is 5.52. The van der Waals surface area contributed by atoms with Crippen LogP contribution in [-0.4, -0.2) is 14.9 Å². The van der Waals surface area contributed by atoms with E-state index in [0.717, 1.165) is 34.8 Å². The highest BCUT2D eigenvalue weighted by molar-refractivity contribution is 5.33. The zero-order chi connectivity index (χ0) is 14.9. The minimum atomic E-state index is -0.562. The molecular formula is C16H24N2O2. The van der Waals surface area contributed by atoms with Crippen LogP contribution in [0.2, 0.25) is 0 Å². The lowest BCUT2D eigenvalue weighted by Crippen LogP contribution is -2.07. The van der Waals surface area contributed by atoms with Crippen molar-refractivity contribution in [3.8, 4) is 0 Å². The van der Waals surface area contributed by atoms with E-state index in [4.69, 9.17) is 4.42 Å². The average molecular weight is 276 g/mol. The number of aromatic nitrogens is 2. The molecule has 1 N–H and O–H groups in total. The summed E-state index contributed by atoms with van der Waals surface area (Å²) in [6.45, 7) is 10.1. The zero-order valence-electron chi connectivity index (χ0n) is 13.0. The standard InChI is InChI=1S/C16H24N2O2/c1-6-10(2)18-8-7-14(17-18)9-15(19)16-11(3)12(4)20-13(16)5/h7-8,10,15,19H,6,9H2,1-5H3. The number of rotatable bonds is 5. The number of furan rings is 1. The summed E-state index contributed by atoms with van der Waals surface area (Å²) in [4.78, 5) is 0. The minimum Gasteiger partial charge on any atom is -0.466 e. The molecule has 0 amide bonds. The van der Waals surface area contributed by atoms with Crippen LogP contribution in [0.5, 0.6) is 0 Å². The number of hydrogen-bond acceptors (Lipinski definition) is 3. The Morgan fingerprint density at radius 1 is 1.30 bits per heavy atom. The lowest BCUT2D eigenvalue weighted by Gasteiger charge is -2.11. The van der Waals surface area contributed by atoms with Gasteiger partial charge in [0.15, 0.2) is 0 Å². The molecule has 2 aromatic heterocycles. The summed E-state index contributed by atoms with van der Waals surface area (Å²) in [6.07, 6.45) is 2.98. The SMILES string of the molecule is CCC(C)n1ccc(CC(O)c2c(C)oc(C)c2C)n1. The van der Waals surface area contributed by atoms with Gasteiger partial charge in [-0.1, -0.05) is 6.92 Å². The molecule has 0 aliphatic heterocycles. The van der Waals surface area contributed by atoms with Crippen molar-refractivity contribution in [3.05, 3.63) is 40.6 Å². The number of aliphatic hydroxyl groups excluding tert-OH is 1. The summed E-state index contributed by atoms with van der Waals surface area (Å²) in [6, 6.07) is 2.37. The molecule has 4 nitrogen and oxygen atoms in total. The zero-order valence-corrected chi connectivity index (χ0v) is 13.0. The lowest BCUT2D eigenvalue weighted by atomic mass is 10.0. The maximum atomic E-state index is 10.4. The van der Waals surface area contributed by atoms with Crippen molar-refractivity contribution in [1.82, 2.24) is 9.78 Å². The van der Waals surface area contributed by atoms with Crippen molar-refractivity contribution in [2.75, 3.05) is 0 Å².